The van der Waals surface area contributed by atoms with Crippen LogP contribution in [0, 0.1) is 5.92 Å². The summed E-state index contributed by atoms with van der Waals surface area (Å²) in [7, 11) is 0. The van der Waals surface area contributed by atoms with E-state index in [4.69, 9.17) is 4.74 Å². The van der Waals surface area contributed by atoms with Crippen LogP contribution in [0.4, 0.5) is 4.79 Å². The number of carboxylic acid groups (broad SMARTS) is 1. The molecule has 0 unspecified atom stereocenters. The number of rotatable bonds is 11. The molecule has 0 saturated carbocycles. The van der Waals surface area contributed by atoms with Crippen LogP contribution in [-0.4, -0.2) is 53.8 Å². The van der Waals surface area contributed by atoms with E-state index in [-0.39, 0.29) is 30.1 Å². The minimum atomic E-state index is -1.03. The summed E-state index contributed by atoms with van der Waals surface area (Å²) in [6, 6.07) is 15.4. The Labute approximate surface area is 198 Å². The fourth-order valence-corrected chi connectivity index (χ4v) is 4.60. The summed E-state index contributed by atoms with van der Waals surface area (Å²) in [5, 5.41) is 14.5. The highest BCUT2D eigenvalue weighted by atomic mass is 32.2. The molecule has 2 atom stereocenters. The van der Waals surface area contributed by atoms with Crippen LogP contribution in [-0.2, 0) is 14.3 Å². The van der Waals surface area contributed by atoms with Crippen LogP contribution in [0.3, 0.4) is 0 Å². The first kappa shape index (κ1) is 24.6. The Balaban J connectivity index is 1.38. The van der Waals surface area contributed by atoms with Gasteiger partial charge < -0.3 is 20.5 Å². The number of carbonyl (C=O) groups is 3. The van der Waals surface area contributed by atoms with Gasteiger partial charge in [-0.05, 0) is 28.2 Å². The second-order valence-corrected chi connectivity index (χ2v) is 9.18. The summed E-state index contributed by atoms with van der Waals surface area (Å²) in [5.74, 6) is -0.847. The Morgan fingerprint density at radius 2 is 1.67 bits per heavy atom. The smallest absolute Gasteiger partial charge is 0.407 e. The first-order valence-electron chi connectivity index (χ1n) is 11.1. The van der Waals surface area contributed by atoms with E-state index in [9.17, 15) is 19.5 Å². The predicted molar refractivity (Wildman–Crippen MR) is 129 cm³/mol. The van der Waals surface area contributed by atoms with Crippen molar-refractivity contribution < 1.29 is 24.2 Å². The van der Waals surface area contributed by atoms with Crippen molar-refractivity contribution in [3.63, 3.8) is 0 Å². The molecule has 2 aromatic rings. The standard InChI is InChI=1S/C25H30N2O5S/c1-3-16(2)23(24(29)30)27-22(28)15-33-13-12-26-25(31)32-14-21-19-10-6-4-8-17(19)18-9-5-7-11-20(18)21/h4-11,16,21,23H,3,12-15H2,1-2H3,(H,26,31)(H,27,28)(H,29,30)/t16-,23-/m0/s1. The van der Waals surface area contributed by atoms with Gasteiger partial charge in [0.1, 0.15) is 12.6 Å². The summed E-state index contributed by atoms with van der Waals surface area (Å²) in [6.45, 7) is 4.28. The van der Waals surface area contributed by atoms with Crippen molar-refractivity contribution in [3.05, 3.63) is 59.7 Å². The lowest BCUT2D eigenvalue weighted by Gasteiger charge is -2.20. The Hall–Kier alpha value is -3.00. The normalized spacial score (nSPS) is 14.0. The van der Waals surface area contributed by atoms with Crippen LogP contribution in [0.2, 0.25) is 0 Å². The molecule has 0 aromatic heterocycles. The number of ether oxygens (including phenoxy) is 1. The van der Waals surface area contributed by atoms with Crippen molar-refractivity contribution in [1.29, 1.82) is 0 Å². The summed E-state index contributed by atoms with van der Waals surface area (Å²) in [5.41, 5.74) is 4.67. The molecular formula is C25H30N2O5S. The number of aliphatic carboxylic acids is 1. The second-order valence-electron chi connectivity index (χ2n) is 8.07. The zero-order chi connectivity index (χ0) is 23.8. The molecule has 0 spiro atoms. The van der Waals surface area contributed by atoms with Crippen LogP contribution in [0.25, 0.3) is 11.1 Å². The van der Waals surface area contributed by atoms with Gasteiger partial charge in [-0.2, -0.15) is 11.8 Å². The molecule has 1 aliphatic carbocycles. The zero-order valence-electron chi connectivity index (χ0n) is 18.9. The average Bonchev–Trinajstić information content (AvgIpc) is 3.14. The lowest BCUT2D eigenvalue weighted by Crippen LogP contribution is -2.45. The topological polar surface area (TPSA) is 105 Å². The largest absolute Gasteiger partial charge is 0.480 e. The van der Waals surface area contributed by atoms with E-state index in [2.05, 4.69) is 34.9 Å². The molecule has 0 aliphatic heterocycles. The molecule has 0 heterocycles. The van der Waals surface area contributed by atoms with Crippen molar-refractivity contribution in [2.45, 2.75) is 32.2 Å². The Morgan fingerprint density at radius 3 is 2.24 bits per heavy atom. The molecule has 1 aliphatic rings. The highest BCUT2D eigenvalue weighted by Crippen LogP contribution is 2.44. The number of hydrogen-bond donors (Lipinski definition) is 3. The van der Waals surface area contributed by atoms with Crippen molar-refractivity contribution >= 4 is 29.7 Å². The highest BCUT2D eigenvalue weighted by molar-refractivity contribution is 7.99. The van der Waals surface area contributed by atoms with E-state index in [0.29, 0.717) is 18.7 Å². The van der Waals surface area contributed by atoms with Gasteiger partial charge in [0.2, 0.25) is 5.91 Å². The minimum absolute atomic E-state index is 0.00825. The van der Waals surface area contributed by atoms with Crippen molar-refractivity contribution in [2.24, 2.45) is 5.92 Å². The van der Waals surface area contributed by atoms with E-state index < -0.39 is 18.1 Å². The molecule has 2 amide bonds. The molecule has 3 rings (SSSR count). The third-order valence-corrected chi connectivity index (χ3v) is 6.85. The molecule has 0 radical (unpaired) electrons. The first-order valence-corrected chi connectivity index (χ1v) is 12.3. The highest BCUT2D eigenvalue weighted by Gasteiger charge is 2.29. The van der Waals surface area contributed by atoms with Crippen LogP contribution < -0.4 is 10.6 Å². The Bertz CT molecular complexity index is 951. The molecular weight excluding hydrogens is 440 g/mol. The van der Waals surface area contributed by atoms with Crippen LogP contribution in [0.15, 0.2) is 48.5 Å². The van der Waals surface area contributed by atoms with Crippen molar-refractivity contribution in [1.82, 2.24) is 10.6 Å². The summed E-state index contributed by atoms with van der Waals surface area (Å²) < 4.78 is 5.48. The maximum Gasteiger partial charge on any atom is 0.407 e. The SMILES string of the molecule is CC[C@H](C)[C@H](NC(=O)CSCCNC(=O)OCC1c2ccccc2-c2ccccc21)C(=O)O. The third kappa shape index (κ3) is 6.28. The molecule has 0 saturated heterocycles. The number of thioether (sulfide) groups is 1. The molecule has 0 fully saturated rings. The molecule has 8 heteroatoms. The molecule has 2 aromatic carbocycles. The van der Waals surface area contributed by atoms with Gasteiger partial charge in [0.25, 0.3) is 0 Å². The van der Waals surface area contributed by atoms with Gasteiger partial charge in [-0.15, -0.1) is 0 Å². The Kier molecular flexibility index (Phi) is 8.77. The van der Waals surface area contributed by atoms with Crippen LogP contribution >= 0.6 is 11.8 Å². The lowest BCUT2D eigenvalue weighted by molar-refractivity contribution is -0.143. The predicted octanol–water partition coefficient (Wildman–Crippen LogP) is 3.87. The van der Waals surface area contributed by atoms with E-state index in [1.54, 1.807) is 6.92 Å². The van der Waals surface area contributed by atoms with Gasteiger partial charge in [0.05, 0.1) is 5.75 Å². The number of benzene rings is 2. The van der Waals surface area contributed by atoms with Gasteiger partial charge in [-0.1, -0.05) is 68.8 Å². The minimum Gasteiger partial charge on any atom is -0.480 e. The molecule has 33 heavy (non-hydrogen) atoms. The Morgan fingerprint density at radius 1 is 1.06 bits per heavy atom. The van der Waals surface area contributed by atoms with E-state index in [0.717, 1.165) is 11.1 Å². The summed E-state index contributed by atoms with van der Waals surface area (Å²) >= 11 is 1.33. The maximum absolute atomic E-state index is 12.2. The quantitative estimate of drug-likeness (QED) is 0.431. The van der Waals surface area contributed by atoms with E-state index in [1.165, 1.54) is 22.9 Å². The van der Waals surface area contributed by atoms with Crippen molar-refractivity contribution in [3.8, 4) is 11.1 Å². The van der Waals surface area contributed by atoms with Gasteiger partial charge >= 0.3 is 12.1 Å². The third-order valence-electron chi connectivity index (χ3n) is 5.89. The monoisotopic (exact) mass is 470 g/mol. The van der Waals surface area contributed by atoms with Crippen LogP contribution in [0.1, 0.15) is 37.3 Å². The number of alkyl carbamates (subject to hydrolysis) is 1. The molecule has 0 bridgehead atoms. The van der Waals surface area contributed by atoms with Gasteiger partial charge in [0, 0.05) is 18.2 Å². The number of nitrogens with one attached hydrogen (secondary N) is 2. The summed E-state index contributed by atoms with van der Waals surface area (Å²) in [6.07, 6.45) is 0.165. The van der Waals surface area contributed by atoms with Gasteiger partial charge in [-0.25, -0.2) is 9.59 Å². The fraction of sp³-hybridized carbons (Fsp3) is 0.400. The second kappa shape index (κ2) is 11.7. The number of carbonyl (C=O) groups excluding carboxylic acids is 2. The zero-order valence-corrected chi connectivity index (χ0v) is 19.7. The number of hydrogen-bond acceptors (Lipinski definition) is 5. The van der Waals surface area contributed by atoms with Crippen LogP contribution in [0.5, 0.6) is 0 Å². The van der Waals surface area contributed by atoms with Crippen molar-refractivity contribution in [2.75, 3.05) is 24.7 Å². The van der Waals surface area contributed by atoms with Gasteiger partial charge in [0.15, 0.2) is 0 Å². The fourth-order valence-electron chi connectivity index (χ4n) is 3.94. The van der Waals surface area contributed by atoms with Gasteiger partial charge in [-0.3, -0.25) is 4.79 Å². The number of carboxylic acids is 1. The summed E-state index contributed by atoms with van der Waals surface area (Å²) in [4.78, 5) is 35.5. The average molecular weight is 471 g/mol. The number of amides is 2. The maximum atomic E-state index is 12.2. The molecule has 176 valence electrons. The molecule has 7 nitrogen and oxygen atoms in total. The lowest BCUT2D eigenvalue weighted by atomic mass is 9.98. The van der Waals surface area contributed by atoms with E-state index in [1.807, 2.05) is 31.2 Å². The first-order chi connectivity index (χ1) is 15.9. The molecule has 3 N–H and O–H groups in total. The number of fused-ring (bicyclic) bond motifs is 3. The van der Waals surface area contributed by atoms with E-state index >= 15 is 0 Å².